The zero-order valence-electron chi connectivity index (χ0n) is 6.56. The molecule has 2 heteroatoms. The highest BCUT2D eigenvalue weighted by Crippen LogP contribution is 2.29. The Morgan fingerprint density at radius 3 is 2.75 bits per heavy atom. The van der Waals surface area contributed by atoms with E-state index in [-0.39, 0.29) is 5.92 Å². The van der Waals surface area contributed by atoms with E-state index >= 15 is 0 Å². The largest absolute Gasteiger partial charge is 0.102 e. The monoisotopic (exact) mass is 335 g/mol. The van der Waals surface area contributed by atoms with Gasteiger partial charge < -0.3 is 0 Å². The van der Waals surface area contributed by atoms with E-state index in [9.17, 15) is 0 Å². The fraction of sp³-hybridized carbons (Fsp3) is 0.100. The minimum atomic E-state index is 0.161. The van der Waals surface area contributed by atoms with E-state index < -0.39 is 0 Å². The molecular formula is C10H9BrI. The van der Waals surface area contributed by atoms with Gasteiger partial charge in [0.15, 0.2) is 0 Å². The van der Waals surface area contributed by atoms with E-state index in [0.717, 1.165) is 4.47 Å². The Morgan fingerprint density at radius 1 is 1.50 bits per heavy atom. The fourth-order valence-electron chi connectivity index (χ4n) is 0.934. The van der Waals surface area contributed by atoms with Gasteiger partial charge in [-0.05, 0) is 57.1 Å². The molecule has 0 saturated heterocycles. The van der Waals surface area contributed by atoms with Gasteiger partial charge in [0.05, 0.1) is 0 Å². The van der Waals surface area contributed by atoms with E-state index in [1.807, 2.05) is 12.1 Å². The molecule has 0 bridgehead atoms. The van der Waals surface area contributed by atoms with Crippen molar-refractivity contribution in [1.82, 2.24) is 0 Å². The van der Waals surface area contributed by atoms with Crippen LogP contribution in [0.3, 0.4) is 0 Å². The number of benzene rings is 1. The van der Waals surface area contributed by atoms with Crippen molar-refractivity contribution in [3.63, 3.8) is 0 Å². The van der Waals surface area contributed by atoms with Gasteiger partial charge in [0, 0.05) is 14.0 Å². The van der Waals surface area contributed by atoms with Crippen LogP contribution in [0.4, 0.5) is 0 Å². The number of hydrogen-bond donors (Lipinski definition) is 0. The maximum Gasteiger partial charge on any atom is 0.0346 e. The standard InChI is InChI=1S/C10H9BrI/c1-3-7(2)8-5-4-6-9(12)10(8)11/h3-7H,1-2H2. The number of halogens is 2. The molecule has 1 rings (SSSR count). The lowest BCUT2D eigenvalue weighted by atomic mass is 10.0. The molecule has 0 saturated carbocycles. The summed E-state index contributed by atoms with van der Waals surface area (Å²) in [6.45, 7) is 7.70. The number of rotatable bonds is 2. The maximum absolute atomic E-state index is 3.98. The molecule has 63 valence electrons. The van der Waals surface area contributed by atoms with Gasteiger partial charge in [0.1, 0.15) is 0 Å². The average molecular weight is 336 g/mol. The normalized spacial score (nSPS) is 12.6. The molecule has 0 aromatic heterocycles. The minimum absolute atomic E-state index is 0.161. The molecule has 1 atom stereocenters. The summed E-state index contributed by atoms with van der Waals surface area (Å²) in [4.78, 5) is 0. The van der Waals surface area contributed by atoms with Crippen LogP contribution >= 0.6 is 38.5 Å². The molecule has 0 spiro atoms. The van der Waals surface area contributed by atoms with Crippen LogP contribution in [0.25, 0.3) is 0 Å². The highest BCUT2D eigenvalue weighted by Gasteiger charge is 2.07. The topological polar surface area (TPSA) is 0 Å². The van der Waals surface area contributed by atoms with Gasteiger partial charge in [-0.2, -0.15) is 0 Å². The first-order chi connectivity index (χ1) is 5.66. The van der Waals surface area contributed by atoms with Crippen LogP contribution in [0.5, 0.6) is 0 Å². The third-order valence-electron chi connectivity index (χ3n) is 1.67. The lowest BCUT2D eigenvalue weighted by Gasteiger charge is -2.09. The van der Waals surface area contributed by atoms with E-state index in [2.05, 4.69) is 64.2 Å². The molecule has 0 fully saturated rings. The predicted octanol–water partition coefficient (Wildman–Crippen LogP) is 4.16. The van der Waals surface area contributed by atoms with Gasteiger partial charge in [-0.1, -0.05) is 18.2 Å². The van der Waals surface area contributed by atoms with Crippen LogP contribution in [0.2, 0.25) is 0 Å². The summed E-state index contributed by atoms with van der Waals surface area (Å²) < 4.78 is 2.34. The molecule has 0 amide bonds. The molecule has 1 radical (unpaired) electrons. The van der Waals surface area contributed by atoms with E-state index in [1.54, 1.807) is 0 Å². The van der Waals surface area contributed by atoms with Crippen molar-refractivity contribution in [2.24, 2.45) is 0 Å². The molecular weight excluding hydrogens is 327 g/mol. The second kappa shape index (κ2) is 4.42. The molecule has 1 aromatic rings. The minimum Gasteiger partial charge on any atom is -0.102 e. The van der Waals surface area contributed by atoms with Gasteiger partial charge in [-0.3, -0.25) is 0 Å². The third-order valence-corrected chi connectivity index (χ3v) is 4.19. The SMILES string of the molecule is [CH2]C(C=C)c1cccc(I)c1Br. The molecule has 0 aliphatic carbocycles. The maximum atomic E-state index is 3.98. The second-order valence-electron chi connectivity index (χ2n) is 2.49. The second-order valence-corrected chi connectivity index (χ2v) is 4.44. The summed E-state index contributed by atoms with van der Waals surface area (Å²) in [5.41, 5.74) is 1.19. The smallest absolute Gasteiger partial charge is 0.0346 e. The van der Waals surface area contributed by atoms with Crippen molar-refractivity contribution in [1.29, 1.82) is 0 Å². The van der Waals surface area contributed by atoms with E-state index in [4.69, 9.17) is 0 Å². The van der Waals surface area contributed by atoms with Crippen molar-refractivity contribution in [3.8, 4) is 0 Å². The zero-order chi connectivity index (χ0) is 9.14. The van der Waals surface area contributed by atoms with Crippen LogP contribution in [0.1, 0.15) is 11.5 Å². The Bertz CT molecular complexity index is 294. The van der Waals surface area contributed by atoms with Crippen LogP contribution in [0.15, 0.2) is 35.3 Å². The molecule has 0 nitrogen and oxygen atoms in total. The predicted molar refractivity (Wildman–Crippen MR) is 65.2 cm³/mol. The highest BCUT2D eigenvalue weighted by molar-refractivity contribution is 14.1. The van der Waals surface area contributed by atoms with Crippen LogP contribution in [-0.2, 0) is 0 Å². The van der Waals surface area contributed by atoms with Gasteiger partial charge >= 0.3 is 0 Å². The van der Waals surface area contributed by atoms with Gasteiger partial charge in [0.25, 0.3) is 0 Å². The van der Waals surface area contributed by atoms with Crippen LogP contribution < -0.4 is 0 Å². The van der Waals surface area contributed by atoms with E-state index in [0.29, 0.717) is 0 Å². The van der Waals surface area contributed by atoms with Crippen LogP contribution in [0, 0.1) is 10.5 Å². The Hall–Kier alpha value is 0.170. The van der Waals surface area contributed by atoms with Crippen molar-refractivity contribution in [2.75, 3.05) is 0 Å². The van der Waals surface area contributed by atoms with Gasteiger partial charge in [-0.15, -0.1) is 6.58 Å². The Morgan fingerprint density at radius 2 is 2.17 bits per heavy atom. The summed E-state index contributed by atoms with van der Waals surface area (Å²) in [6.07, 6.45) is 1.84. The quantitative estimate of drug-likeness (QED) is 0.562. The lowest BCUT2D eigenvalue weighted by Crippen LogP contribution is -1.91. The fourth-order valence-corrected chi connectivity index (χ4v) is 2.01. The molecule has 0 aliphatic heterocycles. The summed E-state index contributed by atoms with van der Waals surface area (Å²) in [5, 5.41) is 0. The first kappa shape index (κ1) is 10.3. The Labute approximate surface area is 95.3 Å². The lowest BCUT2D eigenvalue weighted by molar-refractivity contribution is 1.07. The van der Waals surface area contributed by atoms with Gasteiger partial charge in [0.2, 0.25) is 0 Å². The van der Waals surface area contributed by atoms with Crippen molar-refractivity contribution in [2.45, 2.75) is 5.92 Å². The zero-order valence-corrected chi connectivity index (χ0v) is 10.3. The third kappa shape index (κ3) is 2.10. The summed E-state index contributed by atoms with van der Waals surface area (Å²) in [5.74, 6) is 0.161. The molecule has 12 heavy (non-hydrogen) atoms. The van der Waals surface area contributed by atoms with E-state index in [1.165, 1.54) is 9.13 Å². The molecule has 0 aliphatic rings. The van der Waals surface area contributed by atoms with Crippen molar-refractivity contribution >= 4 is 38.5 Å². The summed E-state index contributed by atoms with van der Waals surface area (Å²) in [6, 6.07) is 6.15. The number of allylic oxidation sites excluding steroid dienone is 1. The Kier molecular flexibility index (Phi) is 3.77. The molecule has 0 N–H and O–H groups in total. The highest BCUT2D eigenvalue weighted by atomic mass is 127. The summed E-state index contributed by atoms with van der Waals surface area (Å²) >= 11 is 5.82. The first-order valence-electron chi connectivity index (χ1n) is 3.56. The average Bonchev–Trinajstić information content (AvgIpc) is 2.08. The first-order valence-corrected chi connectivity index (χ1v) is 5.43. The van der Waals surface area contributed by atoms with Crippen molar-refractivity contribution in [3.05, 3.63) is 51.4 Å². The summed E-state index contributed by atoms with van der Waals surface area (Å²) in [7, 11) is 0. The molecule has 1 unspecified atom stereocenters. The Balaban J connectivity index is 3.15. The molecule has 1 aromatic carbocycles. The van der Waals surface area contributed by atoms with Crippen LogP contribution in [-0.4, -0.2) is 0 Å². The van der Waals surface area contributed by atoms with Gasteiger partial charge in [-0.25, -0.2) is 0 Å². The molecule has 0 heterocycles. The number of hydrogen-bond acceptors (Lipinski definition) is 0. The van der Waals surface area contributed by atoms with Crippen molar-refractivity contribution < 1.29 is 0 Å².